The predicted molar refractivity (Wildman–Crippen MR) is 145 cm³/mol. The number of amides is 2. The summed E-state index contributed by atoms with van der Waals surface area (Å²) in [5.74, 6) is -13.8. The smallest absolute Gasteiger partial charge is 0.274 e. The van der Waals surface area contributed by atoms with Crippen LogP contribution in [-0.4, -0.2) is 55.5 Å². The highest BCUT2D eigenvalue weighted by atomic mass is 32.2. The lowest BCUT2D eigenvalue weighted by Gasteiger charge is -2.41. The molecule has 2 aliphatic heterocycles. The lowest BCUT2D eigenvalue weighted by atomic mass is 9.91. The molecule has 234 valence electrons. The van der Waals surface area contributed by atoms with Crippen LogP contribution in [0.1, 0.15) is 46.7 Å². The highest BCUT2D eigenvalue weighted by Gasteiger charge is 2.48. The van der Waals surface area contributed by atoms with Crippen LogP contribution in [-0.2, 0) is 26.1 Å². The molecule has 2 heterocycles. The summed E-state index contributed by atoms with van der Waals surface area (Å²) in [5, 5.41) is 8.91. The number of carbonyl (C=O) groups excluding carboxylic acids is 2. The lowest BCUT2D eigenvalue weighted by Crippen LogP contribution is -2.59. The molecule has 3 aromatic carbocycles. The minimum Gasteiger partial charge on any atom is -0.381 e. The second-order valence-corrected chi connectivity index (χ2v) is 12.2. The van der Waals surface area contributed by atoms with E-state index in [2.05, 4.69) is 0 Å². The Morgan fingerprint density at radius 1 is 0.864 bits per heavy atom. The van der Waals surface area contributed by atoms with Crippen LogP contribution in [0.2, 0.25) is 0 Å². The van der Waals surface area contributed by atoms with Gasteiger partial charge in [0.1, 0.15) is 6.04 Å². The van der Waals surface area contributed by atoms with E-state index in [0.717, 1.165) is 18.4 Å². The number of nitrogens with zero attached hydrogens (tertiary/aromatic N) is 2. The molecule has 1 atom stereocenters. The second kappa shape index (κ2) is 12.6. The van der Waals surface area contributed by atoms with Gasteiger partial charge in [-0.3, -0.25) is 14.8 Å². The number of nitrogens with one attached hydrogen (secondary N) is 1. The summed E-state index contributed by atoms with van der Waals surface area (Å²) in [4.78, 5) is 24.8. The average molecular weight is 640 g/mol. The lowest BCUT2D eigenvalue weighted by molar-refractivity contribution is -0.125. The van der Waals surface area contributed by atoms with Gasteiger partial charge in [0.25, 0.3) is 5.91 Å². The van der Waals surface area contributed by atoms with Crippen LogP contribution in [0.25, 0.3) is 0 Å². The van der Waals surface area contributed by atoms with E-state index in [0.29, 0.717) is 29.0 Å². The predicted octanol–water partition coefficient (Wildman–Crippen LogP) is 4.39. The van der Waals surface area contributed by atoms with Crippen molar-refractivity contribution in [1.82, 2.24) is 9.79 Å². The Kier molecular flexibility index (Phi) is 9.02. The van der Waals surface area contributed by atoms with Crippen LogP contribution in [0.3, 0.4) is 0 Å². The number of hydrogen-bond acceptors (Lipinski definition) is 6. The highest BCUT2D eigenvalue weighted by molar-refractivity contribution is 7.89. The molecule has 0 spiro atoms. The van der Waals surface area contributed by atoms with Gasteiger partial charge >= 0.3 is 0 Å². The van der Waals surface area contributed by atoms with Crippen molar-refractivity contribution in [3.05, 3.63) is 94.3 Å². The van der Waals surface area contributed by atoms with Crippen molar-refractivity contribution in [2.75, 3.05) is 24.7 Å². The van der Waals surface area contributed by atoms with Crippen LogP contribution in [0.15, 0.2) is 53.4 Å². The van der Waals surface area contributed by atoms with Gasteiger partial charge in [-0.05, 0) is 60.6 Å². The van der Waals surface area contributed by atoms with E-state index in [1.807, 2.05) is 12.1 Å². The summed E-state index contributed by atoms with van der Waals surface area (Å²) in [7, 11) is -5.35. The molecule has 2 aliphatic rings. The van der Waals surface area contributed by atoms with Gasteiger partial charge in [-0.15, -0.1) is 0 Å². The van der Waals surface area contributed by atoms with Crippen molar-refractivity contribution >= 4 is 27.5 Å². The second-order valence-electron chi connectivity index (χ2n) is 10.4. The molecule has 5 rings (SSSR count). The van der Waals surface area contributed by atoms with Gasteiger partial charge in [-0.2, -0.15) is 4.31 Å². The van der Waals surface area contributed by atoms with E-state index in [4.69, 9.17) is 9.94 Å². The molecule has 2 N–H and O–H groups in total. The number of hydrogen-bond donors (Lipinski definition) is 2. The Morgan fingerprint density at radius 2 is 1.43 bits per heavy atom. The summed E-state index contributed by atoms with van der Waals surface area (Å²) >= 11 is 0. The van der Waals surface area contributed by atoms with Crippen LogP contribution >= 0.6 is 0 Å². The monoisotopic (exact) mass is 639 g/mol. The van der Waals surface area contributed by atoms with E-state index in [9.17, 15) is 40.0 Å². The zero-order valence-electron chi connectivity index (χ0n) is 22.9. The molecule has 44 heavy (non-hydrogen) atoms. The molecular weight excluding hydrogens is 613 g/mol. The maximum atomic E-state index is 14.5. The zero-order chi connectivity index (χ0) is 31.8. The Bertz CT molecular complexity index is 1650. The fourth-order valence-electron chi connectivity index (χ4n) is 5.27. The van der Waals surface area contributed by atoms with Crippen molar-refractivity contribution in [3.8, 4) is 0 Å². The quantitative estimate of drug-likeness (QED) is 0.124. The third-order valence-electron chi connectivity index (χ3n) is 7.81. The third kappa shape index (κ3) is 5.79. The third-order valence-corrected chi connectivity index (χ3v) is 9.74. The van der Waals surface area contributed by atoms with E-state index in [-0.39, 0.29) is 24.2 Å². The van der Waals surface area contributed by atoms with Crippen LogP contribution in [0, 0.1) is 29.1 Å². The number of sulfonamides is 1. The molecule has 1 unspecified atom stereocenters. The van der Waals surface area contributed by atoms with Crippen LogP contribution in [0.5, 0.6) is 0 Å². The first-order chi connectivity index (χ1) is 20.9. The van der Waals surface area contributed by atoms with E-state index >= 15 is 0 Å². The fourth-order valence-corrected chi connectivity index (χ4v) is 7.01. The van der Waals surface area contributed by atoms with Gasteiger partial charge in [0.2, 0.25) is 21.7 Å². The topological polar surface area (TPSA) is 116 Å². The summed E-state index contributed by atoms with van der Waals surface area (Å²) < 4.78 is 102. The Labute approximate surface area is 248 Å². The minimum absolute atomic E-state index is 0.0450. The molecule has 2 amide bonds. The maximum absolute atomic E-state index is 14.5. The minimum atomic E-state index is -5.35. The molecule has 15 heteroatoms. The van der Waals surface area contributed by atoms with Crippen molar-refractivity contribution in [2.45, 2.75) is 42.7 Å². The highest BCUT2D eigenvalue weighted by Crippen LogP contribution is 2.35. The van der Waals surface area contributed by atoms with Gasteiger partial charge in [0, 0.05) is 31.0 Å². The van der Waals surface area contributed by atoms with Crippen molar-refractivity contribution in [1.29, 1.82) is 0 Å². The summed E-state index contributed by atoms with van der Waals surface area (Å²) in [6.45, 7) is 0.780. The molecule has 0 bridgehead atoms. The molecule has 2 fully saturated rings. The van der Waals surface area contributed by atoms with E-state index < -0.39 is 68.4 Å². The van der Waals surface area contributed by atoms with Gasteiger partial charge in [-0.1, -0.05) is 24.3 Å². The van der Waals surface area contributed by atoms with E-state index in [1.54, 1.807) is 12.1 Å². The van der Waals surface area contributed by atoms with Gasteiger partial charge in [0.15, 0.2) is 28.2 Å². The number of rotatable bonds is 8. The summed E-state index contributed by atoms with van der Waals surface area (Å²) in [6, 6.07) is 11.2. The fraction of sp³-hybridized carbons (Fsp3) is 0.310. The number of halogens is 5. The molecule has 0 radical (unpaired) electrons. The number of benzene rings is 3. The normalized spacial score (nSPS) is 17.6. The first-order valence-electron chi connectivity index (χ1n) is 13.5. The van der Waals surface area contributed by atoms with Crippen molar-refractivity contribution in [2.24, 2.45) is 0 Å². The first-order valence-corrected chi connectivity index (χ1v) is 15.0. The molecule has 0 saturated carbocycles. The molecule has 2 saturated heterocycles. The number of carbonyl (C=O) groups is 2. The Balaban J connectivity index is 1.46. The first kappa shape index (κ1) is 31.5. The number of hydroxylamine groups is 1. The van der Waals surface area contributed by atoms with Crippen molar-refractivity contribution in [3.63, 3.8) is 0 Å². The Hall–Kier alpha value is -3.92. The number of anilines is 1. The zero-order valence-corrected chi connectivity index (χ0v) is 23.7. The summed E-state index contributed by atoms with van der Waals surface area (Å²) in [6.07, 6.45) is 1.61. The summed E-state index contributed by atoms with van der Waals surface area (Å²) in [5.41, 5.74) is 3.45. The molecular formula is C29H26F5N3O6S. The SMILES string of the molecule is O=C(NO)c1ccc(N(Cc2ccc(C3CCOCC3)cc2)C(=O)C2CCN2S(=O)(=O)c2c(F)c(F)c(F)c(F)c2F)cc1. The van der Waals surface area contributed by atoms with Crippen LogP contribution < -0.4 is 10.4 Å². The molecule has 9 nitrogen and oxygen atoms in total. The van der Waals surface area contributed by atoms with Gasteiger partial charge in [-0.25, -0.2) is 35.8 Å². The van der Waals surface area contributed by atoms with Crippen LogP contribution in [0.4, 0.5) is 27.6 Å². The Morgan fingerprint density at radius 3 is 1.95 bits per heavy atom. The molecule has 0 aromatic heterocycles. The van der Waals surface area contributed by atoms with Gasteiger partial charge < -0.3 is 9.64 Å². The number of ether oxygens (including phenoxy) is 1. The standard InChI is InChI=1S/C29H26F5N3O6S/c30-22-23(31)25(33)27(26(34)24(22)32)44(41,42)37-12-9-21(37)29(39)36(20-7-5-19(6-8-20)28(38)35-40)15-16-1-3-17(4-2-16)18-10-13-43-14-11-18/h1-8,18,21,40H,9-15H2,(H,35,38). The largest absolute Gasteiger partial charge is 0.381 e. The van der Waals surface area contributed by atoms with Gasteiger partial charge in [0.05, 0.1) is 6.54 Å². The molecule has 0 aliphatic carbocycles. The van der Waals surface area contributed by atoms with E-state index in [1.165, 1.54) is 34.6 Å². The van der Waals surface area contributed by atoms with Crippen molar-refractivity contribution < 1.29 is 49.9 Å². The molecule has 3 aromatic rings. The maximum Gasteiger partial charge on any atom is 0.274 e. The average Bonchev–Trinajstić information content (AvgIpc) is 3.01.